The van der Waals surface area contributed by atoms with Crippen molar-refractivity contribution in [2.45, 2.75) is 49.5 Å². The van der Waals surface area contributed by atoms with Gasteiger partial charge in [0, 0.05) is 30.0 Å². The molecule has 1 aliphatic heterocycles. The van der Waals surface area contributed by atoms with Gasteiger partial charge in [0.1, 0.15) is 17.5 Å². The molecular formula is C30H30N4O4. The van der Waals surface area contributed by atoms with Crippen molar-refractivity contribution in [2.24, 2.45) is 5.92 Å². The first kappa shape index (κ1) is 25.7. The van der Waals surface area contributed by atoms with Crippen LogP contribution in [-0.2, 0) is 11.2 Å². The fraction of sp³-hybridized carbons (Fsp3) is 0.367. The van der Waals surface area contributed by atoms with E-state index in [-0.39, 0.29) is 28.4 Å². The average Bonchev–Trinajstić information content (AvgIpc) is 3.29. The number of benzene rings is 2. The van der Waals surface area contributed by atoms with Gasteiger partial charge in [0.2, 0.25) is 5.88 Å². The molecule has 0 bridgehead atoms. The molecule has 0 amide bonds. The summed E-state index contributed by atoms with van der Waals surface area (Å²) in [6.45, 7) is 6.51. The Morgan fingerprint density at radius 1 is 1.08 bits per heavy atom. The van der Waals surface area contributed by atoms with Gasteiger partial charge >= 0.3 is 0 Å². The van der Waals surface area contributed by atoms with E-state index < -0.39 is 29.1 Å². The Bertz CT molecular complexity index is 1440. The van der Waals surface area contributed by atoms with E-state index in [0.717, 1.165) is 5.56 Å². The molecule has 1 saturated carbocycles. The topological polar surface area (TPSA) is 131 Å². The molecule has 0 radical (unpaired) electrons. The van der Waals surface area contributed by atoms with Gasteiger partial charge in [-0.05, 0) is 44.0 Å². The molecule has 2 heterocycles. The summed E-state index contributed by atoms with van der Waals surface area (Å²) >= 11 is 0. The van der Waals surface area contributed by atoms with Crippen LogP contribution in [-0.4, -0.2) is 40.5 Å². The smallest absolute Gasteiger partial charge is 0.224 e. The first-order chi connectivity index (χ1) is 18.1. The summed E-state index contributed by atoms with van der Waals surface area (Å²) in [5, 5.41) is 47.4. The zero-order valence-electron chi connectivity index (χ0n) is 21.8. The van der Waals surface area contributed by atoms with E-state index in [0.29, 0.717) is 17.7 Å². The highest BCUT2D eigenvalue weighted by atomic mass is 16.5. The highest BCUT2D eigenvalue weighted by Crippen LogP contribution is 2.69. The lowest BCUT2D eigenvalue weighted by Crippen LogP contribution is -2.52. The molecule has 0 saturated heterocycles. The molecule has 0 spiro atoms. The van der Waals surface area contributed by atoms with Gasteiger partial charge in [0.05, 0.1) is 30.4 Å². The van der Waals surface area contributed by atoms with Crippen LogP contribution in [0.25, 0.3) is 0 Å². The Balaban J connectivity index is 1.84. The number of hydrogen-bond acceptors (Lipinski definition) is 8. The van der Waals surface area contributed by atoms with E-state index in [2.05, 4.69) is 16.4 Å². The molecule has 2 aromatic carbocycles. The molecule has 8 nitrogen and oxygen atoms in total. The highest BCUT2D eigenvalue weighted by molar-refractivity contribution is 5.60. The van der Waals surface area contributed by atoms with Crippen LogP contribution in [0.15, 0.2) is 60.7 Å². The van der Waals surface area contributed by atoms with Crippen LogP contribution in [0.5, 0.6) is 11.6 Å². The summed E-state index contributed by atoms with van der Waals surface area (Å²) in [4.78, 5) is 4.29. The number of nitriles is 2. The first-order valence-electron chi connectivity index (χ1n) is 12.5. The van der Waals surface area contributed by atoms with Gasteiger partial charge < -0.3 is 25.0 Å². The summed E-state index contributed by atoms with van der Waals surface area (Å²) in [7, 11) is 1.41. The van der Waals surface area contributed by atoms with E-state index in [1.807, 2.05) is 57.2 Å². The second kappa shape index (κ2) is 9.11. The first-order valence-corrected chi connectivity index (χ1v) is 12.5. The summed E-state index contributed by atoms with van der Waals surface area (Å²) in [5.74, 6) is -0.783. The van der Waals surface area contributed by atoms with Crippen LogP contribution in [0, 0.1) is 28.6 Å². The van der Waals surface area contributed by atoms with Gasteiger partial charge in [-0.25, -0.2) is 4.98 Å². The largest absolute Gasteiger partial charge is 0.481 e. The second-order valence-electron chi connectivity index (χ2n) is 10.9. The number of aliphatic hydroxyl groups is 2. The maximum Gasteiger partial charge on any atom is 0.224 e. The molecule has 5 atom stereocenters. The summed E-state index contributed by atoms with van der Waals surface area (Å²) in [6, 6.07) is 22.1. The zero-order valence-corrected chi connectivity index (χ0v) is 21.8. The maximum atomic E-state index is 12.8. The van der Waals surface area contributed by atoms with Gasteiger partial charge in [0.15, 0.2) is 11.2 Å². The quantitative estimate of drug-likeness (QED) is 0.476. The Kier molecular flexibility index (Phi) is 6.16. The highest BCUT2D eigenvalue weighted by Gasteiger charge is 2.76. The lowest BCUT2D eigenvalue weighted by atomic mass is 9.70. The third-order valence-corrected chi connectivity index (χ3v) is 7.65. The Hall–Kier alpha value is -3.95. The number of fused-ring (bicyclic) bond motifs is 3. The van der Waals surface area contributed by atoms with Crippen molar-refractivity contribution in [1.82, 2.24) is 10.3 Å². The molecule has 38 heavy (non-hydrogen) atoms. The standard InChI is InChI=1S/C30H30N4O4/c1-28(2,3)33-17-22-24(19-8-6-5-7-9-19)30(20-12-10-18(15-31)11-13-20)29(36,26(22)35)25-23(38-30)14-21(16-32)34-27(25)37-4/h5-14,22,24,26,33,35-36H,17H2,1-4H3/t22-,24-,26-,29+,30+/m1/s1. The van der Waals surface area contributed by atoms with Crippen LogP contribution < -0.4 is 14.8 Å². The molecule has 3 aromatic rings. The van der Waals surface area contributed by atoms with Crippen molar-refractivity contribution < 1.29 is 19.7 Å². The summed E-state index contributed by atoms with van der Waals surface area (Å²) < 4.78 is 12.3. The third-order valence-electron chi connectivity index (χ3n) is 7.65. The predicted octanol–water partition coefficient (Wildman–Crippen LogP) is 3.47. The van der Waals surface area contributed by atoms with Gasteiger partial charge in [-0.3, -0.25) is 0 Å². The summed E-state index contributed by atoms with van der Waals surface area (Å²) in [5.41, 5.74) is -1.58. The normalized spacial score (nSPS) is 27.5. The Labute approximate surface area is 222 Å². The molecule has 0 unspecified atom stereocenters. The van der Waals surface area contributed by atoms with E-state index >= 15 is 0 Å². The van der Waals surface area contributed by atoms with Crippen molar-refractivity contribution in [3.8, 4) is 23.8 Å². The second-order valence-corrected chi connectivity index (χ2v) is 10.9. The number of nitrogens with zero attached hydrogens (tertiary/aromatic N) is 3. The van der Waals surface area contributed by atoms with Crippen LogP contribution in [0.2, 0.25) is 0 Å². The minimum Gasteiger partial charge on any atom is -0.481 e. The fourth-order valence-electron chi connectivity index (χ4n) is 6.08. The molecular weight excluding hydrogens is 480 g/mol. The van der Waals surface area contributed by atoms with Crippen LogP contribution in [0.4, 0.5) is 0 Å². The van der Waals surface area contributed by atoms with Crippen LogP contribution in [0.1, 0.15) is 54.6 Å². The number of aliphatic hydroxyl groups excluding tert-OH is 1. The number of ether oxygens (including phenoxy) is 2. The number of hydrogen-bond donors (Lipinski definition) is 3. The fourth-order valence-corrected chi connectivity index (χ4v) is 6.08. The van der Waals surface area contributed by atoms with Gasteiger partial charge in [-0.15, -0.1) is 0 Å². The molecule has 2 aliphatic rings. The molecule has 1 fully saturated rings. The number of pyridine rings is 1. The number of aromatic nitrogens is 1. The Morgan fingerprint density at radius 2 is 1.76 bits per heavy atom. The van der Waals surface area contributed by atoms with Gasteiger partial charge in [-0.1, -0.05) is 42.5 Å². The van der Waals surface area contributed by atoms with Crippen molar-refractivity contribution in [3.63, 3.8) is 0 Å². The van der Waals surface area contributed by atoms with E-state index in [4.69, 9.17) is 9.47 Å². The van der Waals surface area contributed by atoms with Crippen molar-refractivity contribution >= 4 is 0 Å². The maximum absolute atomic E-state index is 12.8. The lowest BCUT2D eigenvalue weighted by molar-refractivity contribution is -0.152. The lowest BCUT2D eigenvalue weighted by Gasteiger charge is -2.41. The van der Waals surface area contributed by atoms with Gasteiger partial charge in [-0.2, -0.15) is 10.5 Å². The molecule has 1 aliphatic carbocycles. The minimum absolute atomic E-state index is 0.0207. The van der Waals surface area contributed by atoms with Crippen molar-refractivity contribution in [2.75, 3.05) is 13.7 Å². The minimum atomic E-state index is -1.99. The SMILES string of the molecule is COc1nc(C#N)cc2c1[C@]1(O)[C@H](O)[C@H](CNC(C)(C)C)[C@@H](c3ccccc3)[C@]1(c1ccc(C#N)cc1)O2. The zero-order chi connectivity index (χ0) is 27.3. The van der Waals surface area contributed by atoms with Crippen LogP contribution in [0.3, 0.4) is 0 Å². The number of nitrogens with one attached hydrogen (secondary N) is 1. The van der Waals surface area contributed by atoms with Crippen molar-refractivity contribution in [1.29, 1.82) is 10.5 Å². The average molecular weight is 511 g/mol. The molecule has 194 valence electrons. The van der Waals surface area contributed by atoms with E-state index in [1.165, 1.54) is 13.2 Å². The van der Waals surface area contributed by atoms with E-state index in [9.17, 15) is 20.7 Å². The number of methoxy groups -OCH3 is 1. The third kappa shape index (κ3) is 3.65. The van der Waals surface area contributed by atoms with Crippen LogP contribution >= 0.6 is 0 Å². The Morgan fingerprint density at radius 3 is 2.34 bits per heavy atom. The van der Waals surface area contributed by atoms with Gasteiger partial charge in [0.25, 0.3) is 0 Å². The van der Waals surface area contributed by atoms with E-state index in [1.54, 1.807) is 24.3 Å². The summed E-state index contributed by atoms with van der Waals surface area (Å²) in [6.07, 6.45) is -1.30. The molecule has 5 rings (SSSR count). The molecule has 1 aromatic heterocycles. The molecule has 8 heteroatoms. The molecule has 3 N–H and O–H groups in total. The predicted molar refractivity (Wildman–Crippen MR) is 139 cm³/mol. The van der Waals surface area contributed by atoms with Crippen molar-refractivity contribution in [3.05, 3.63) is 88.6 Å². The monoisotopic (exact) mass is 510 g/mol. The number of rotatable bonds is 5.